The van der Waals surface area contributed by atoms with Crippen molar-refractivity contribution in [3.05, 3.63) is 52.6 Å². The van der Waals surface area contributed by atoms with Gasteiger partial charge in [-0.15, -0.1) is 0 Å². The number of rotatable bonds is 4. The zero-order valence-corrected chi connectivity index (χ0v) is 13.8. The van der Waals surface area contributed by atoms with Crippen molar-refractivity contribution in [1.82, 2.24) is 4.98 Å². The number of ether oxygens (including phenoxy) is 2. The van der Waals surface area contributed by atoms with Gasteiger partial charge in [-0.2, -0.15) is 0 Å². The monoisotopic (exact) mass is 378 g/mol. The van der Waals surface area contributed by atoms with Crippen molar-refractivity contribution in [2.24, 2.45) is 0 Å². The number of hydrogen-bond donors (Lipinski definition) is 1. The number of anilines is 1. The molecule has 120 valence electrons. The molecule has 0 unspecified atom stereocenters. The second kappa shape index (κ2) is 6.97. The molecule has 2 aromatic rings. The maximum absolute atomic E-state index is 11.6. The van der Waals surface area contributed by atoms with Gasteiger partial charge in [-0.1, -0.05) is 30.3 Å². The Morgan fingerprint density at radius 3 is 2.96 bits per heavy atom. The summed E-state index contributed by atoms with van der Waals surface area (Å²) in [5, 5.41) is 9.53. The number of pyridine rings is 1. The highest BCUT2D eigenvalue weighted by molar-refractivity contribution is 9.10. The first-order chi connectivity index (χ1) is 11.1. The molecule has 0 aliphatic carbocycles. The van der Waals surface area contributed by atoms with Crippen molar-refractivity contribution in [2.75, 3.05) is 18.1 Å². The largest absolute Gasteiger partial charge is 0.474 e. The van der Waals surface area contributed by atoms with E-state index in [-0.39, 0.29) is 13.2 Å². The van der Waals surface area contributed by atoms with Gasteiger partial charge in [-0.25, -0.2) is 9.78 Å². The maximum atomic E-state index is 11.6. The molecular weight excluding hydrogens is 364 g/mol. The molecule has 0 spiro atoms. The number of aromatic nitrogens is 1. The molecule has 1 aliphatic rings. The van der Waals surface area contributed by atoms with E-state index in [1.165, 1.54) is 4.90 Å². The maximum Gasteiger partial charge on any atom is 0.412 e. The van der Waals surface area contributed by atoms with Gasteiger partial charge in [-0.3, -0.25) is 4.90 Å². The Labute approximate surface area is 141 Å². The van der Waals surface area contributed by atoms with Crippen LogP contribution in [0.25, 0.3) is 0 Å². The highest BCUT2D eigenvalue weighted by atomic mass is 79.9. The van der Waals surface area contributed by atoms with Crippen molar-refractivity contribution < 1.29 is 19.4 Å². The SMILES string of the molecule is O=C(O)N1c2cc(Br)cnc2OC[C@@H]1COCc1ccccc1. The fourth-order valence-electron chi connectivity index (χ4n) is 2.42. The predicted octanol–water partition coefficient (Wildman–Crippen LogP) is 3.31. The minimum atomic E-state index is -1.05. The van der Waals surface area contributed by atoms with Crippen molar-refractivity contribution >= 4 is 27.7 Å². The van der Waals surface area contributed by atoms with Crippen molar-refractivity contribution in [2.45, 2.75) is 12.6 Å². The van der Waals surface area contributed by atoms with E-state index in [0.29, 0.717) is 22.6 Å². The van der Waals surface area contributed by atoms with Crippen molar-refractivity contribution in [3.8, 4) is 5.88 Å². The minimum absolute atomic E-state index is 0.211. The number of carboxylic acid groups (broad SMARTS) is 1. The Hall–Kier alpha value is -2.12. The molecule has 6 nitrogen and oxygen atoms in total. The minimum Gasteiger partial charge on any atom is -0.474 e. The fourth-order valence-corrected chi connectivity index (χ4v) is 2.73. The molecule has 3 rings (SSSR count). The molecule has 0 saturated carbocycles. The van der Waals surface area contributed by atoms with Gasteiger partial charge >= 0.3 is 6.09 Å². The van der Waals surface area contributed by atoms with Crippen molar-refractivity contribution in [3.63, 3.8) is 0 Å². The lowest BCUT2D eigenvalue weighted by Gasteiger charge is -2.34. The Morgan fingerprint density at radius 1 is 1.43 bits per heavy atom. The molecular formula is C16H15BrN2O4. The third kappa shape index (κ3) is 3.62. The normalized spacial score (nSPS) is 16.6. The summed E-state index contributed by atoms with van der Waals surface area (Å²) in [6, 6.07) is 11.0. The van der Waals surface area contributed by atoms with Crippen LogP contribution in [-0.4, -0.2) is 35.4 Å². The van der Waals surface area contributed by atoms with Crippen LogP contribution in [0.15, 0.2) is 47.1 Å². The van der Waals surface area contributed by atoms with E-state index in [1.54, 1.807) is 12.3 Å². The Morgan fingerprint density at radius 2 is 2.22 bits per heavy atom. The van der Waals surface area contributed by atoms with Crippen molar-refractivity contribution in [1.29, 1.82) is 0 Å². The number of halogens is 1. The van der Waals surface area contributed by atoms with Gasteiger partial charge in [0.1, 0.15) is 12.3 Å². The van der Waals surface area contributed by atoms with Crippen LogP contribution in [-0.2, 0) is 11.3 Å². The Bertz CT molecular complexity index is 696. The van der Waals surface area contributed by atoms with Crippen LogP contribution < -0.4 is 9.64 Å². The van der Waals surface area contributed by atoms with Gasteiger partial charge in [0.25, 0.3) is 0 Å². The number of amides is 1. The van der Waals surface area contributed by atoms with E-state index in [9.17, 15) is 9.90 Å². The lowest BCUT2D eigenvalue weighted by molar-refractivity contribution is 0.0842. The molecule has 1 aromatic heterocycles. The second-order valence-corrected chi connectivity index (χ2v) is 6.01. The van der Waals surface area contributed by atoms with Gasteiger partial charge < -0.3 is 14.6 Å². The fraction of sp³-hybridized carbons (Fsp3) is 0.250. The van der Waals surface area contributed by atoms with Gasteiger partial charge in [0, 0.05) is 10.7 Å². The summed E-state index contributed by atoms with van der Waals surface area (Å²) >= 11 is 3.30. The van der Waals surface area contributed by atoms with E-state index in [2.05, 4.69) is 20.9 Å². The average Bonchev–Trinajstić information content (AvgIpc) is 2.55. The zero-order chi connectivity index (χ0) is 16.2. The summed E-state index contributed by atoms with van der Waals surface area (Å²) in [6.07, 6.45) is 0.521. The summed E-state index contributed by atoms with van der Waals surface area (Å²) in [6.45, 7) is 0.879. The molecule has 1 aliphatic heterocycles. The van der Waals surface area contributed by atoms with Crippen LogP contribution >= 0.6 is 15.9 Å². The van der Waals surface area contributed by atoms with Crippen LogP contribution in [0.1, 0.15) is 5.56 Å². The van der Waals surface area contributed by atoms with Crippen LogP contribution in [0.4, 0.5) is 10.5 Å². The molecule has 1 amide bonds. The molecule has 1 aromatic carbocycles. The third-order valence-electron chi connectivity index (χ3n) is 3.46. The van der Waals surface area contributed by atoms with Gasteiger partial charge in [0.05, 0.1) is 19.3 Å². The zero-order valence-electron chi connectivity index (χ0n) is 12.2. The Balaban J connectivity index is 1.71. The summed E-state index contributed by atoms with van der Waals surface area (Å²) in [5.74, 6) is 0.315. The molecule has 1 N–H and O–H groups in total. The summed E-state index contributed by atoms with van der Waals surface area (Å²) in [5.41, 5.74) is 1.46. The number of hydrogen-bond acceptors (Lipinski definition) is 4. The first kappa shape index (κ1) is 15.8. The summed E-state index contributed by atoms with van der Waals surface area (Å²) in [7, 11) is 0. The van der Waals surface area contributed by atoms with E-state index in [4.69, 9.17) is 9.47 Å². The smallest absolute Gasteiger partial charge is 0.412 e. The highest BCUT2D eigenvalue weighted by Crippen LogP contribution is 2.34. The van der Waals surface area contributed by atoms with Crippen LogP contribution in [0.3, 0.4) is 0 Å². The van der Waals surface area contributed by atoms with Gasteiger partial charge in [-0.05, 0) is 27.6 Å². The van der Waals surface area contributed by atoms with Gasteiger partial charge in [0.2, 0.25) is 5.88 Å². The highest BCUT2D eigenvalue weighted by Gasteiger charge is 2.33. The quantitative estimate of drug-likeness (QED) is 0.883. The summed E-state index contributed by atoms with van der Waals surface area (Å²) < 4.78 is 11.9. The number of fused-ring (bicyclic) bond motifs is 1. The molecule has 2 heterocycles. The number of carbonyl (C=O) groups is 1. The Kier molecular flexibility index (Phi) is 4.78. The first-order valence-electron chi connectivity index (χ1n) is 7.07. The molecule has 0 bridgehead atoms. The third-order valence-corrected chi connectivity index (χ3v) is 3.90. The number of benzene rings is 1. The number of nitrogens with zero attached hydrogens (tertiary/aromatic N) is 2. The lowest BCUT2D eigenvalue weighted by Crippen LogP contribution is -2.49. The first-order valence-corrected chi connectivity index (χ1v) is 7.86. The topological polar surface area (TPSA) is 71.9 Å². The van der Waals surface area contributed by atoms with E-state index < -0.39 is 12.1 Å². The summed E-state index contributed by atoms with van der Waals surface area (Å²) in [4.78, 5) is 17.0. The van der Waals surface area contributed by atoms with Crippen LogP contribution in [0, 0.1) is 0 Å². The molecule has 1 atom stereocenters. The van der Waals surface area contributed by atoms with E-state index in [0.717, 1.165) is 5.56 Å². The standard InChI is InChI=1S/C16H15BrN2O4/c17-12-6-14-15(18-7-12)23-10-13(19(14)16(20)21)9-22-8-11-4-2-1-3-5-11/h1-7,13H,8-10H2,(H,20,21)/t13-/m0/s1. The van der Waals surface area contributed by atoms with Gasteiger partial charge in [0.15, 0.2) is 0 Å². The molecule has 7 heteroatoms. The van der Waals surface area contributed by atoms with Crippen LogP contribution in [0.5, 0.6) is 5.88 Å². The average molecular weight is 379 g/mol. The molecule has 0 saturated heterocycles. The van der Waals surface area contributed by atoms with Crippen LogP contribution in [0.2, 0.25) is 0 Å². The van der Waals surface area contributed by atoms with E-state index in [1.807, 2.05) is 30.3 Å². The lowest BCUT2D eigenvalue weighted by atomic mass is 10.2. The molecule has 0 fully saturated rings. The molecule has 23 heavy (non-hydrogen) atoms. The predicted molar refractivity (Wildman–Crippen MR) is 87.8 cm³/mol. The van der Waals surface area contributed by atoms with E-state index >= 15 is 0 Å². The molecule has 0 radical (unpaired) electrons. The second-order valence-electron chi connectivity index (χ2n) is 5.10.